The molecule has 0 radical (unpaired) electrons. The maximum Gasteiger partial charge on any atom is 0.278 e. The third-order valence-corrected chi connectivity index (χ3v) is 3.62. The van der Waals surface area contributed by atoms with Gasteiger partial charge < -0.3 is 10.3 Å². The molecular formula is C15H25N5O. The van der Waals surface area contributed by atoms with Crippen LogP contribution in [0.1, 0.15) is 58.3 Å². The second-order valence-electron chi connectivity index (χ2n) is 5.42. The molecule has 2 aromatic heterocycles. The first-order valence-corrected chi connectivity index (χ1v) is 7.98. The quantitative estimate of drug-likeness (QED) is 0.587. The summed E-state index contributed by atoms with van der Waals surface area (Å²) in [5.41, 5.74) is 0.695. The van der Waals surface area contributed by atoms with Crippen LogP contribution in [-0.4, -0.2) is 26.5 Å². The Bertz CT molecular complexity index is 589. The summed E-state index contributed by atoms with van der Waals surface area (Å²) in [6.45, 7) is 3.07. The van der Waals surface area contributed by atoms with E-state index < -0.39 is 0 Å². The minimum Gasteiger partial charge on any atom is -0.356 e. The third-order valence-electron chi connectivity index (χ3n) is 3.62. The van der Waals surface area contributed by atoms with Gasteiger partial charge >= 0.3 is 0 Å². The van der Waals surface area contributed by atoms with Crippen molar-refractivity contribution >= 4 is 17.1 Å². The summed E-state index contributed by atoms with van der Waals surface area (Å²) in [6.07, 6.45) is 11.8. The molecule has 0 aliphatic rings. The molecule has 0 saturated carbocycles. The fraction of sp³-hybridized carbons (Fsp3) is 0.667. The monoisotopic (exact) mass is 291 g/mol. The minimum absolute atomic E-state index is 0.184. The lowest BCUT2D eigenvalue weighted by Gasteiger charge is -2.05. The number of imidazole rings is 1. The predicted octanol–water partition coefficient (Wildman–Crippen LogP) is 3.20. The summed E-state index contributed by atoms with van der Waals surface area (Å²) in [5.74, 6) is 0.502. The molecule has 0 saturated heterocycles. The van der Waals surface area contributed by atoms with Crippen LogP contribution in [0.5, 0.6) is 0 Å². The largest absolute Gasteiger partial charge is 0.356 e. The van der Waals surface area contributed by atoms with Crippen LogP contribution in [0.3, 0.4) is 0 Å². The molecule has 0 amide bonds. The van der Waals surface area contributed by atoms with E-state index in [9.17, 15) is 4.79 Å². The van der Waals surface area contributed by atoms with Gasteiger partial charge in [0.05, 0.1) is 6.33 Å². The van der Waals surface area contributed by atoms with Crippen LogP contribution < -0.4 is 10.9 Å². The first-order valence-electron chi connectivity index (χ1n) is 7.98. The van der Waals surface area contributed by atoms with E-state index in [1.807, 2.05) is 0 Å². The van der Waals surface area contributed by atoms with Crippen LogP contribution in [0.25, 0.3) is 11.2 Å². The fourth-order valence-corrected chi connectivity index (χ4v) is 2.39. The molecule has 21 heavy (non-hydrogen) atoms. The molecule has 2 aromatic rings. The molecule has 6 nitrogen and oxygen atoms in total. The second kappa shape index (κ2) is 8.44. The van der Waals surface area contributed by atoms with Crippen molar-refractivity contribution in [1.29, 1.82) is 0 Å². The number of rotatable bonds is 10. The summed E-state index contributed by atoms with van der Waals surface area (Å²) in [5, 5.41) is 3.16. The zero-order chi connectivity index (χ0) is 14.9. The number of aromatic amines is 2. The molecule has 3 N–H and O–H groups in total. The smallest absolute Gasteiger partial charge is 0.278 e. The zero-order valence-corrected chi connectivity index (χ0v) is 12.7. The maximum atomic E-state index is 11.7. The molecule has 0 aromatic carbocycles. The molecule has 6 heteroatoms. The van der Waals surface area contributed by atoms with E-state index in [0.717, 1.165) is 13.0 Å². The van der Waals surface area contributed by atoms with Gasteiger partial charge in [-0.3, -0.25) is 9.78 Å². The molecule has 0 aliphatic heterocycles. The Balaban J connectivity index is 1.63. The van der Waals surface area contributed by atoms with Gasteiger partial charge in [-0.25, -0.2) is 4.98 Å². The fourth-order valence-electron chi connectivity index (χ4n) is 2.39. The standard InChI is InChI=1S/C15H25N5O/c1-2-3-4-5-6-7-8-9-10-16-15-19-13-12(14(21)20-15)17-11-18-13/h11H,2-10H2,1H3,(H3,16,17,18,19,20,21). The molecule has 0 aliphatic carbocycles. The summed E-state index contributed by atoms with van der Waals surface area (Å²) in [4.78, 5) is 25.5. The molecule has 2 heterocycles. The van der Waals surface area contributed by atoms with E-state index in [2.05, 4.69) is 32.2 Å². The van der Waals surface area contributed by atoms with E-state index >= 15 is 0 Å². The molecular weight excluding hydrogens is 266 g/mol. The van der Waals surface area contributed by atoms with Gasteiger partial charge in [0.2, 0.25) is 5.95 Å². The van der Waals surface area contributed by atoms with Crippen molar-refractivity contribution < 1.29 is 0 Å². The van der Waals surface area contributed by atoms with Gasteiger partial charge in [-0.05, 0) is 6.42 Å². The number of hydrogen-bond acceptors (Lipinski definition) is 4. The SMILES string of the molecule is CCCCCCCCCCNc1nc2nc[nH]c2c(=O)[nH]1. The Morgan fingerprint density at radius 1 is 1.10 bits per heavy atom. The van der Waals surface area contributed by atoms with Gasteiger partial charge in [0.15, 0.2) is 11.2 Å². The highest BCUT2D eigenvalue weighted by Crippen LogP contribution is 2.08. The van der Waals surface area contributed by atoms with Crippen molar-refractivity contribution in [1.82, 2.24) is 19.9 Å². The Labute approximate surface area is 124 Å². The highest BCUT2D eigenvalue weighted by atomic mass is 16.1. The highest BCUT2D eigenvalue weighted by Gasteiger charge is 2.04. The van der Waals surface area contributed by atoms with E-state index in [4.69, 9.17) is 0 Å². The second-order valence-corrected chi connectivity index (χ2v) is 5.42. The number of anilines is 1. The number of fused-ring (bicyclic) bond motifs is 1. The molecule has 0 spiro atoms. The van der Waals surface area contributed by atoms with Gasteiger partial charge in [0, 0.05) is 6.54 Å². The number of nitrogens with zero attached hydrogens (tertiary/aromatic N) is 2. The van der Waals surface area contributed by atoms with Crippen LogP contribution >= 0.6 is 0 Å². The van der Waals surface area contributed by atoms with E-state index in [0.29, 0.717) is 17.1 Å². The van der Waals surface area contributed by atoms with Gasteiger partial charge in [-0.1, -0.05) is 51.9 Å². The van der Waals surface area contributed by atoms with Gasteiger partial charge in [0.25, 0.3) is 5.56 Å². The van der Waals surface area contributed by atoms with Gasteiger partial charge in [-0.2, -0.15) is 4.98 Å². The summed E-state index contributed by atoms with van der Waals surface area (Å²) < 4.78 is 0. The highest BCUT2D eigenvalue weighted by molar-refractivity contribution is 5.69. The van der Waals surface area contributed by atoms with E-state index in [1.54, 1.807) is 0 Å². The number of nitrogens with one attached hydrogen (secondary N) is 3. The Morgan fingerprint density at radius 2 is 1.81 bits per heavy atom. The maximum absolute atomic E-state index is 11.7. The molecule has 0 fully saturated rings. The van der Waals surface area contributed by atoms with Crippen molar-refractivity contribution in [2.45, 2.75) is 58.3 Å². The Kier molecular flexibility index (Phi) is 6.24. The average Bonchev–Trinajstić information content (AvgIpc) is 2.94. The van der Waals surface area contributed by atoms with Crippen LogP contribution in [-0.2, 0) is 0 Å². The van der Waals surface area contributed by atoms with Crippen LogP contribution in [0, 0.1) is 0 Å². The number of H-pyrrole nitrogens is 2. The molecule has 116 valence electrons. The number of hydrogen-bond donors (Lipinski definition) is 3. The molecule has 0 atom stereocenters. The minimum atomic E-state index is -0.184. The van der Waals surface area contributed by atoms with E-state index in [-0.39, 0.29) is 5.56 Å². The van der Waals surface area contributed by atoms with Crippen LogP contribution in [0.2, 0.25) is 0 Å². The molecule has 0 bridgehead atoms. The summed E-state index contributed by atoms with van der Waals surface area (Å²) in [6, 6.07) is 0. The summed E-state index contributed by atoms with van der Waals surface area (Å²) in [7, 11) is 0. The van der Waals surface area contributed by atoms with Gasteiger partial charge in [-0.15, -0.1) is 0 Å². The first-order chi connectivity index (χ1) is 10.3. The van der Waals surface area contributed by atoms with E-state index in [1.165, 1.54) is 51.3 Å². The third kappa shape index (κ3) is 4.88. The molecule has 0 unspecified atom stereocenters. The van der Waals surface area contributed by atoms with Crippen LogP contribution in [0.4, 0.5) is 5.95 Å². The topological polar surface area (TPSA) is 86.5 Å². The Hall–Kier alpha value is -1.85. The number of aromatic nitrogens is 4. The van der Waals surface area contributed by atoms with Crippen molar-refractivity contribution in [2.75, 3.05) is 11.9 Å². The summed E-state index contributed by atoms with van der Waals surface area (Å²) >= 11 is 0. The average molecular weight is 291 g/mol. The van der Waals surface area contributed by atoms with Crippen molar-refractivity contribution in [3.05, 3.63) is 16.7 Å². The van der Waals surface area contributed by atoms with Gasteiger partial charge in [0.1, 0.15) is 0 Å². The van der Waals surface area contributed by atoms with Crippen molar-refractivity contribution in [3.63, 3.8) is 0 Å². The predicted molar refractivity (Wildman–Crippen MR) is 85.6 cm³/mol. The molecule has 2 rings (SSSR count). The van der Waals surface area contributed by atoms with Crippen molar-refractivity contribution in [2.24, 2.45) is 0 Å². The lowest BCUT2D eigenvalue weighted by atomic mass is 10.1. The lowest BCUT2D eigenvalue weighted by molar-refractivity contribution is 0.581. The van der Waals surface area contributed by atoms with Crippen molar-refractivity contribution in [3.8, 4) is 0 Å². The zero-order valence-electron chi connectivity index (χ0n) is 12.7. The normalized spacial score (nSPS) is 11.1. The first kappa shape index (κ1) is 15.5. The Morgan fingerprint density at radius 3 is 2.57 bits per heavy atom. The number of unbranched alkanes of at least 4 members (excludes halogenated alkanes) is 7. The van der Waals surface area contributed by atoms with Crippen LogP contribution in [0.15, 0.2) is 11.1 Å². The lowest BCUT2D eigenvalue weighted by Crippen LogP contribution is -2.14.